The van der Waals surface area contributed by atoms with Crippen LogP contribution in [0.5, 0.6) is 0 Å². The van der Waals surface area contributed by atoms with Gasteiger partial charge in [0.15, 0.2) is 0 Å². The van der Waals surface area contributed by atoms with Crippen LogP contribution in [0.2, 0.25) is 0 Å². The topological polar surface area (TPSA) is 70.5 Å². The maximum atomic E-state index is 13.4. The summed E-state index contributed by atoms with van der Waals surface area (Å²) in [5.41, 5.74) is 3.67. The van der Waals surface area contributed by atoms with Crippen molar-refractivity contribution >= 4 is 15.8 Å². The minimum absolute atomic E-state index is 0.00462. The first kappa shape index (κ1) is 18.8. The molecule has 140 valence electrons. The molecule has 3 rings (SSSR count). The Labute approximate surface area is 153 Å². The molecule has 1 aliphatic rings. The van der Waals surface area contributed by atoms with Crippen molar-refractivity contribution in [2.24, 2.45) is 0 Å². The van der Waals surface area contributed by atoms with E-state index in [4.69, 9.17) is 0 Å². The number of hydrogen-bond donors (Lipinski definition) is 1. The minimum atomic E-state index is -3.46. The molecule has 2 aromatic rings. The normalized spacial score (nSPS) is 14.6. The third-order valence-corrected chi connectivity index (χ3v) is 5.83. The zero-order chi connectivity index (χ0) is 19.1. The van der Waals surface area contributed by atoms with Gasteiger partial charge in [0.1, 0.15) is 11.6 Å². The SMILES string of the molecule is CC(C)c1nc2c(c(-c3ccc(F)cc3)c1CO)CCCN2S(C)(=O)=O. The Bertz CT molecular complexity index is 925. The Kier molecular flexibility index (Phi) is 5.03. The fraction of sp³-hybridized carbons (Fsp3) is 0.421. The second-order valence-corrected chi connectivity index (χ2v) is 8.82. The van der Waals surface area contributed by atoms with Crippen molar-refractivity contribution in [2.75, 3.05) is 17.1 Å². The van der Waals surface area contributed by atoms with E-state index >= 15 is 0 Å². The second kappa shape index (κ2) is 6.96. The van der Waals surface area contributed by atoms with Crippen LogP contribution in [0.3, 0.4) is 0 Å². The number of pyridine rings is 1. The lowest BCUT2D eigenvalue weighted by molar-refractivity contribution is 0.280. The molecule has 1 N–H and O–H groups in total. The summed E-state index contributed by atoms with van der Waals surface area (Å²) in [7, 11) is -3.46. The number of nitrogens with zero attached hydrogens (tertiary/aromatic N) is 2. The molecule has 0 saturated heterocycles. The van der Waals surface area contributed by atoms with Gasteiger partial charge in [-0.3, -0.25) is 4.31 Å². The van der Waals surface area contributed by atoms with E-state index in [1.807, 2.05) is 13.8 Å². The van der Waals surface area contributed by atoms with E-state index in [9.17, 15) is 17.9 Å². The van der Waals surface area contributed by atoms with Crippen molar-refractivity contribution in [3.05, 3.63) is 46.9 Å². The van der Waals surface area contributed by atoms with Crippen molar-refractivity contribution in [1.82, 2.24) is 4.98 Å². The Balaban J connectivity index is 2.37. The van der Waals surface area contributed by atoms with Crippen LogP contribution in [-0.2, 0) is 23.1 Å². The molecule has 0 atom stereocenters. The van der Waals surface area contributed by atoms with Crippen molar-refractivity contribution in [3.63, 3.8) is 0 Å². The highest BCUT2D eigenvalue weighted by Gasteiger charge is 2.31. The first-order valence-corrected chi connectivity index (χ1v) is 10.5. The highest BCUT2D eigenvalue weighted by molar-refractivity contribution is 7.92. The third kappa shape index (κ3) is 3.33. The fourth-order valence-corrected chi connectivity index (χ4v) is 4.47. The van der Waals surface area contributed by atoms with E-state index in [1.165, 1.54) is 22.7 Å². The second-order valence-electron chi connectivity index (χ2n) is 6.91. The van der Waals surface area contributed by atoms with Gasteiger partial charge in [0.05, 0.1) is 18.6 Å². The number of fused-ring (bicyclic) bond motifs is 1. The summed E-state index contributed by atoms with van der Waals surface area (Å²) in [6.45, 7) is 4.09. The molecule has 1 aromatic carbocycles. The number of anilines is 1. The molecular weight excluding hydrogens is 355 g/mol. The molecule has 0 radical (unpaired) electrons. The molecular formula is C19H23FN2O3S. The molecule has 5 nitrogen and oxygen atoms in total. The maximum absolute atomic E-state index is 13.4. The molecule has 7 heteroatoms. The molecule has 0 fully saturated rings. The van der Waals surface area contributed by atoms with Crippen molar-refractivity contribution in [2.45, 2.75) is 39.2 Å². The number of hydrogen-bond acceptors (Lipinski definition) is 4. The molecule has 0 bridgehead atoms. The van der Waals surface area contributed by atoms with Gasteiger partial charge < -0.3 is 5.11 Å². The van der Waals surface area contributed by atoms with Gasteiger partial charge in [-0.2, -0.15) is 0 Å². The molecule has 0 amide bonds. The van der Waals surface area contributed by atoms with Gasteiger partial charge in [0.2, 0.25) is 10.0 Å². The number of rotatable bonds is 4. The molecule has 1 aromatic heterocycles. The lowest BCUT2D eigenvalue weighted by Gasteiger charge is -2.32. The van der Waals surface area contributed by atoms with Gasteiger partial charge >= 0.3 is 0 Å². The number of aliphatic hydroxyl groups is 1. The molecule has 0 unspecified atom stereocenters. The van der Waals surface area contributed by atoms with Crippen molar-refractivity contribution in [1.29, 1.82) is 0 Å². The van der Waals surface area contributed by atoms with Gasteiger partial charge in [0, 0.05) is 17.7 Å². The smallest absolute Gasteiger partial charge is 0.233 e. The van der Waals surface area contributed by atoms with E-state index in [1.54, 1.807) is 12.1 Å². The standard InChI is InChI=1S/C19H23FN2O3S/c1-12(2)18-16(11-23)17(13-6-8-14(20)9-7-13)15-5-4-10-22(19(15)21-18)26(3,24)25/h6-9,12,23H,4-5,10-11H2,1-3H3. The number of halogens is 1. The zero-order valence-electron chi connectivity index (χ0n) is 15.2. The summed E-state index contributed by atoms with van der Waals surface area (Å²) in [6.07, 6.45) is 2.50. The van der Waals surface area contributed by atoms with Crippen LogP contribution >= 0.6 is 0 Å². The average Bonchev–Trinajstić information content (AvgIpc) is 2.59. The predicted molar refractivity (Wildman–Crippen MR) is 100 cm³/mol. The summed E-state index contributed by atoms with van der Waals surface area (Å²) in [5, 5.41) is 10.0. The first-order valence-electron chi connectivity index (χ1n) is 8.64. The first-order chi connectivity index (χ1) is 12.2. The maximum Gasteiger partial charge on any atom is 0.233 e. The minimum Gasteiger partial charge on any atom is -0.392 e. The average molecular weight is 378 g/mol. The molecule has 0 spiro atoms. The van der Waals surface area contributed by atoms with Crippen LogP contribution in [0.4, 0.5) is 10.2 Å². The summed E-state index contributed by atoms with van der Waals surface area (Å²) >= 11 is 0. The van der Waals surface area contributed by atoms with E-state index in [2.05, 4.69) is 4.98 Å². The molecule has 1 aliphatic heterocycles. The lowest BCUT2D eigenvalue weighted by Crippen LogP contribution is -2.36. The number of sulfonamides is 1. The summed E-state index contributed by atoms with van der Waals surface area (Å²) < 4.78 is 39.3. The van der Waals surface area contributed by atoms with E-state index in [-0.39, 0.29) is 18.3 Å². The van der Waals surface area contributed by atoms with Crippen LogP contribution in [-0.4, -0.2) is 31.3 Å². The largest absolute Gasteiger partial charge is 0.392 e. The number of benzene rings is 1. The molecule has 0 aliphatic carbocycles. The zero-order valence-corrected chi connectivity index (χ0v) is 16.0. The molecule has 26 heavy (non-hydrogen) atoms. The van der Waals surface area contributed by atoms with Gasteiger partial charge in [-0.05, 0) is 42.0 Å². The fourth-order valence-electron chi connectivity index (χ4n) is 3.55. The van der Waals surface area contributed by atoms with Crippen LogP contribution in [0, 0.1) is 5.82 Å². The Morgan fingerprint density at radius 2 is 1.92 bits per heavy atom. The van der Waals surface area contributed by atoms with Crippen LogP contribution < -0.4 is 4.31 Å². The van der Waals surface area contributed by atoms with E-state index < -0.39 is 10.0 Å². The van der Waals surface area contributed by atoms with E-state index in [0.717, 1.165) is 16.7 Å². The highest BCUT2D eigenvalue weighted by atomic mass is 32.2. The van der Waals surface area contributed by atoms with Crippen molar-refractivity contribution in [3.8, 4) is 11.1 Å². The summed E-state index contributed by atoms with van der Waals surface area (Å²) in [5.74, 6) is 0.0908. The summed E-state index contributed by atoms with van der Waals surface area (Å²) in [4.78, 5) is 4.65. The third-order valence-electron chi connectivity index (χ3n) is 4.67. The molecule has 2 heterocycles. The Morgan fingerprint density at radius 1 is 1.27 bits per heavy atom. The Morgan fingerprint density at radius 3 is 2.46 bits per heavy atom. The van der Waals surface area contributed by atoms with Crippen LogP contribution in [0.1, 0.15) is 43.0 Å². The Hall–Kier alpha value is -1.99. The molecule has 0 saturated carbocycles. The quantitative estimate of drug-likeness (QED) is 0.887. The predicted octanol–water partition coefficient (Wildman–Crippen LogP) is 3.22. The lowest BCUT2D eigenvalue weighted by atomic mass is 9.88. The van der Waals surface area contributed by atoms with Crippen molar-refractivity contribution < 1.29 is 17.9 Å². The highest BCUT2D eigenvalue weighted by Crippen LogP contribution is 2.40. The van der Waals surface area contributed by atoms with Crippen LogP contribution in [0.25, 0.3) is 11.1 Å². The van der Waals surface area contributed by atoms with E-state index in [0.29, 0.717) is 36.5 Å². The van der Waals surface area contributed by atoms with Gasteiger partial charge in [-0.1, -0.05) is 26.0 Å². The number of aromatic nitrogens is 1. The summed E-state index contributed by atoms with van der Waals surface area (Å²) in [6, 6.07) is 6.06. The van der Waals surface area contributed by atoms with Crippen LogP contribution in [0.15, 0.2) is 24.3 Å². The van der Waals surface area contributed by atoms with Gasteiger partial charge in [-0.25, -0.2) is 17.8 Å². The van der Waals surface area contributed by atoms with Gasteiger partial charge in [0.25, 0.3) is 0 Å². The van der Waals surface area contributed by atoms with Gasteiger partial charge in [-0.15, -0.1) is 0 Å². The number of aliphatic hydroxyl groups excluding tert-OH is 1. The monoisotopic (exact) mass is 378 g/mol.